The van der Waals surface area contributed by atoms with Crippen molar-refractivity contribution in [2.45, 2.75) is 16.2 Å². The molecule has 2 aromatic heterocycles. The highest BCUT2D eigenvalue weighted by Crippen LogP contribution is 2.31. The fraction of sp³-hybridized carbons (Fsp3) is 0.0833. The van der Waals surface area contributed by atoms with E-state index in [4.69, 9.17) is 0 Å². The highest BCUT2D eigenvalue weighted by atomic mass is 32.2. The van der Waals surface area contributed by atoms with Crippen molar-refractivity contribution in [3.05, 3.63) is 46.4 Å². The molecule has 0 atom stereocenters. The number of aromatic nitrogens is 3. The van der Waals surface area contributed by atoms with Crippen LogP contribution in [0, 0.1) is 6.92 Å². The van der Waals surface area contributed by atoms with Gasteiger partial charge in [0.15, 0.2) is 4.34 Å². The first-order valence-corrected chi connectivity index (χ1v) is 7.09. The average Bonchev–Trinajstić information content (AvgIpc) is 2.75. The Hall–Kier alpha value is -1.86. The molecule has 3 aromatic rings. The molecule has 0 bridgehead atoms. The van der Waals surface area contributed by atoms with E-state index in [1.807, 2.05) is 0 Å². The van der Waals surface area contributed by atoms with Crippen molar-refractivity contribution in [3.8, 4) is 5.75 Å². The molecule has 3 rings (SSSR count). The summed E-state index contributed by atoms with van der Waals surface area (Å²) in [6.07, 6.45) is 0. The zero-order valence-electron chi connectivity index (χ0n) is 9.90. The van der Waals surface area contributed by atoms with E-state index in [1.165, 1.54) is 33.7 Å². The maximum absolute atomic E-state index is 11.7. The molecule has 0 radical (unpaired) electrons. The van der Waals surface area contributed by atoms with Crippen molar-refractivity contribution in [3.63, 3.8) is 0 Å². The minimum atomic E-state index is -0.170. The number of phenolic OH excluding ortho intramolecular Hbond substituents is 1. The van der Waals surface area contributed by atoms with Crippen LogP contribution in [0.15, 0.2) is 44.4 Å². The van der Waals surface area contributed by atoms with Crippen molar-refractivity contribution in [2.75, 3.05) is 0 Å². The van der Waals surface area contributed by atoms with Crippen LogP contribution >= 0.6 is 23.1 Å². The lowest BCUT2D eigenvalue weighted by Crippen LogP contribution is -2.14. The summed E-state index contributed by atoms with van der Waals surface area (Å²) >= 11 is 2.80. The van der Waals surface area contributed by atoms with Crippen molar-refractivity contribution in [1.29, 1.82) is 0 Å². The molecule has 0 saturated carbocycles. The quantitative estimate of drug-likeness (QED) is 0.785. The first kappa shape index (κ1) is 12.2. The molecule has 0 aliphatic rings. The molecule has 96 valence electrons. The van der Waals surface area contributed by atoms with Crippen LogP contribution in [-0.4, -0.2) is 19.7 Å². The van der Waals surface area contributed by atoms with Crippen LogP contribution in [0.5, 0.6) is 5.75 Å². The van der Waals surface area contributed by atoms with Gasteiger partial charge in [0, 0.05) is 16.7 Å². The first-order valence-electron chi connectivity index (χ1n) is 5.46. The second-order valence-corrected chi connectivity index (χ2v) is 6.17. The van der Waals surface area contributed by atoms with Gasteiger partial charge in [0.25, 0.3) is 5.56 Å². The first-order chi connectivity index (χ1) is 9.11. The SMILES string of the molecule is Cc1cc(=O)n2nc(Sc3ccc(O)cc3)sc2n1. The van der Waals surface area contributed by atoms with Gasteiger partial charge in [0.1, 0.15) is 5.75 Å². The maximum atomic E-state index is 11.7. The van der Waals surface area contributed by atoms with Gasteiger partial charge in [-0.3, -0.25) is 4.79 Å². The molecule has 0 aliphatic carbocycles. The summed E-state index contributed by atoms with van der Waals surface area (Å²) in [6.45, 7) is 1.79. The summed E-state index contributed by atoms with van der Waals surface area (Å²) < 4.78 is 2.04. The van der Waals surface area contributed by atoms with Gasteiger partial charge >= 0.3 is 0 Å². The van der Waals surface area contributed by atoms with E-state index in [0.717, 1.165) is 9.24 Å². The smallest absolute Gasteiger partial charge is 0.275 e. The number of hydrogen-bond donors (Lipinski definition) is 1. The van der Waals surface area contributed by atoms with Crippen molar-refractivity contribution in [2.24, 2.45) is 0 Å². The van der Waals surface area contributed by atoms with Crippen LogP contribution in [0.2, 0.25) is 0 Å². The highest BCUT2D eigenvalue weighted by Gasteiger charge is 2.08. The molecule has 0 saturated heterocycles. The largest absolute Gasteiger partial charge is 0.508 e. The molecule has 0 fully saturated rings. The van der Waals surface area contributed by atoms with Gasteiger partial charge in [-0.05, 0) is 31.2 Å². The minimum absolute atomic E-state index is 0.170. The Labute approximate surface area is 116 Å². The highest BCUT2D eigenvalue weighted by molar-refractivity contribution is 8.01. The molecule has 7 heteroatoms. The Bertz CT molecular complexity index is 793. The molecular formula is C12H9N3O2S2. The van der Waals surface area contributed by atoms with Gasteiger partial charge in [-0.15, -0.1) is 5.10 Å². The summed E-state index contributed by atoms with van der Waals surface area (Å²) in [6, 6.07) is 8.29. The summed E-state index contributed by atoms with van der Waals surface area (Å²) in [5, 5.41) is 13.5. The fourth-order valence-electron chi connectivity index (χ4n) is 1.56. The molecule has 0 unspecified atom stereocenters. The van der Waals surface area contributed by atoms with E-state index in [2.05, 4.69) is 10.1 Å². The number of hydrogen-bond acceptors (Lipinski definition) is 6. The Morgan fingerprint density at radius 3 is 2.79 bits per heavy atom. The predicted octanol–water partition coefficient (Wildman–Crippen LogP) is 2.32. The van der Waals surface area contributed by atoms with Crippen LogP contribution in [0.1, 0.15) is 5.69 Å². The number of fused-ring (bicyclic) bond motifs is 1. The molecule has 2 heterocycles. The van der Waals surface area contributed by atoms with E-state index < -0.39 is 0 Å². The number of phenols is 1. The third-order valence-electron chi connectivity index (χ3n) is 2.40. The predicted molar refractivity (Wildman–Crippen MR) is 74.1 cm³/mol. The van der Waals surface area contributed by atoms with Crippen molar-refractivity contribution < 1.29 is 5.11 Å². The molecular weight excluding hydrogens is 282 g/mol. The van der Waals surface area contributed by atoms with Gasteiger partial charge in [-0.2, -0.15) is 4.52 Å². The molecule has 1 N–H and O–H groups in total. The van der Waals surface area contributed by atoms with Crippen LogP contribution in [0.25, 0.3) is 4.96 Å². The molecule has 0 amide bonds. The zero-order valence-corrected chi connectivity index (χ0v) is 11.5. The topological polar surface area (TPSA) is 67.5 Å². The Kier molecular flexibility index (Phi) is 3.00. The second kappa shape index (κ2) is 4.67. The number of aryl methyl sites for hydroxylation is 1. The summed E-state index contributed by atoms with van der Waals surface area (Å²) in [7, 11) is 0. The van der Waals surface area contributed by atoms with E-state index in [1.54, 1.807) is 31.2 Å². The third-order valence-corrected chi connectivity index (χ3v) is 4.36. The molecule has 1 aromatic carbocycles. The lowest BCUT2D eigenvalue weighted by molar-refractivity contribution is 0.475. The Morgan fingerprint density at radius 1 is 1.32 bits per heavy atom. The molecule has 5 nitrogen and oxygen atoms in total. The number of nitrogens with zero attached hydrogens (tertiary/aromatic N) is 3. The van der Waals surface area contributed by atoms with E-state index in [-0.39, 0.29) is 11.3 Å². The monoisotopic (exact) mass is 291 g/mol. The lowest BCUT2D eigenvalue weighted by atomic mass is 10.3. The summed E-state index contributed by atoms with van der Waals surface area (Å²) in [4.78, 5) is 17.5. The number of rotatable bonds is 2. The molecule has 0 spiro atoms. The van der Waals surface area contributed by atoms with Crippen molar-refractivity contribution in [1.82, 2.24) is 14.6 Å². The summed E-state index contributed by atoms with van der Waals surface area (Å²) in [5.74, 6) is 0.224. The number of aromatic hydroxyl groups is 1. The van der Waals surface area contributed by atoms with Gasteiger partial charge in [0.05, 0.1) is 0 Å². The van der Waals surface area contributed by atoms with Crippen LogP contribution in [0.3, 0.4) is 0 Å². The van der Waals surface area contributed by atoms with E-state index >= 15 is 0 Å². The van der Waals surface area contributed by atoms with Crippen LogP contribution in [0.4, 0.5) is 0 Å². The van der Waals surface area contributed by atoms with Gasteiger partial charge < -0.3 is 5.11 Å². The van der Waals surface area contributed by atoms with Gasteiger partial charge in [-0.25, -0.2) is 4.98 Å². The Balaban J connectivity index is 2.00. The van der Waals surface area contributed by atoms with Gasteiger partial charge in [0.2, 0.25) is 4.96 Å². The standard InChI is InChI=1S/C12H9N3O2S2/c1-7-6-10(17)15-11(13-7)19-12(14-15)18-9-4-2-8(16)3-5-9/h2-6,16H,1H3. The van der Waals surface area contributed by atoms with Crippen molar-refractivity contribution >= 4 is 28.1 Å². The molecule has 19 heavy (non-hydrogen) atoms. The normalized spacial score (nSPS) is 11.0. The van der Waals surface area contributed by atoms with Gasteiger partial charge in [-0.1, -0.05) is 23.1 Å². The molecule has 0 aliphatic heterocycles. The van der Waals surface area contributed by atoms with Crippen LogP contribution < -0.4 is 5.56 Å². The fourth-order valence-corrected chi connectivity index (χ4v) is 3.52. The second-order valence-electron chi connectivity index (χ2n) is 3.89. The van der Waals surface area contributed by atoms with E-state index in [9.17, 15) is 9.90 Å². The average molecular weight is 291 g/mol. The summed E-state index contributed by atoms with van der Waals surface area (Å²) in [5.41, 5.74) is 0.520. The zero-order chi connectivity index (χ0) is 13.4. The third kappa shape index (κ3) is 2.47. The maximum Gasteiger partial charge on any atom is 0.275 e. The minimum Gasteiger partial charge on any atom is -0.508 e. The lowest BCUT2D eigenvalue weighted by Gasteiger charge is -1.96. The number of benzene rings is 1. The van der Waals surface area contributed by atoms with E-state index in [0.29, 0.717) is 10.7 Å². The van der Waals surface area contributed by atoms with Crippen LogP contribution in [-0.2, 0) is 0 Å². The Morgan fingerprint density at radius 2 is 2.05 bits per heavy atom.